The molecule has 2 unspecified atom stereocenters. The summed E-state index contributed by atoms with van der Waals surface area (Å²) < 4.78 is 7.00. The number of aliphatic carboxylic acids is 1. The molecule has 2 atom stereocenters. The van der Waals surface area contributed by atoms with Gasteiger partial charge >= 0.3 is 29.6 Å². The van der Waals surface area contributed by atoms with E-state index in [1.165, 1.54) is 0 Å². The number of epoxide rings is 1. The summed E-state index contributed by atoms with van der Waals surface area (Å²) in [6, 6.07) is 7.70. The molecule has 19 heavy (non-hydrogen) atoms. The van der Waals surface area contributed by atoms with Gasteiger partial charge in [-0.3, -0.25) is 0 Å². The second-order valence-corrected chi connectivity index (χ2v) is 4.27. The molecule has 3 rings (SSSR count). The van der Waals surface area contributed by atoms with Crippen LogP contribution in [0.2, 0.25) is 0 Å². The van der Waals surface area contributed by atoms with Crippen LogP contribution in [0.4, 0.5) is 0 Å². The zero-order chi connectivity index (χ0) is 12.5. The molecule has 0 bridgehead atoms. The third kappa shape index (κ3) is 3.25. The standard InChI is InChI=1S/C13H12N2O3.Na/c16-13(17)12-11(18-12)10-3-1-9(2-4-10)7-15-6-5-14-8-15;/h1-6,8,11-12H,7H2,(H,16,17);/q;+1/p-1. The normalized spacial score (nSPS) is 20.6. The second-order valence-electron chi connectivity index (χ2n) is 4.27. The van der Waals surface area contributed by atoms with Crippen molar-refractivity contribution in [3.8, 4) is 0 Å². The molecule has 1 aromatic heterocycles. The fraction of sp³-hybridized carbons (Fsp3) is 0.231. The maximum Gasteiger partial charge on any atom is 1.00 e. The van der Waals surface area contributed by atoms with Crippen molar-refractivity contribution < 1.29 is 44.2 Å². The van der Waals surface area contributed by atoms with Gasteiger partial charge in [-0.2, -0.15) is 0 Å². The minimum Gasteiger partial charge on any atom is -0.547 e. The number of imidazole rings is 1. The van der Waals surface area contributed by atoms with Gasteiger partial charge in [0.05, 0.1) is 12.3 Å². The minimum atomic E-state index is -1.15. The quantitative estimate of drug-likeness (QED) is 0.440. The molecule has 1 fully saturated rings. The fourth-order valence-corrected chi connectivity index (χ4v) is 1.95. The van der Waals surface area contributed by atoms with Gasteiger partial charge in [-0.05, 0) is 11.1 Å². The molecular weight excluding hydrogens is 255 g/mol. The first-order chi connectivity index (χ1) is 8.74. The summed E-state index contributed by atoms with van der Waals surface area (Å²) in [6.45, 7) is 0.746. The fourth-order valence-electron chi connectivity index (χ4n) is 1.95. The van der Waals surface area contributed by atoms with E-state index in [2.05, 4.69) is 4.98 Å². The monoisotopic (exact) mass is 266 g/mol. The van der Waals surface area contributed by atoms with E-state index in [1.807, 2.05) is 35.0 Å². The Labute approximate surface area is 132 Å². The van der Waals surface area contributed by atoms with Crippen LogP contribution in [0.3, 0.4) is 0 Å². The molecule has 5 nitrogen and oxygen atoms in total. The van der Waals surface area contributed by atoms with E-state index in [1.54, 1.807) is 12.5 Å². The number of aromatic nitrogens is 2. The summed E-state index contributed by atoms with van der Waals surface area (Å²) in [5.74, 6) is -1.15. The van der Waals surface area contributed by atoms with Crippen molar-refractivity contribution in [3.63, 3.8) is 0 Å². The molecule has 2 aromatic rings. The molecule has 1 aromatic carbocycles. The van der Waals surface area contributed by atoms with Gasteiger partial charge in [0, 0.05) is 18.9 Å². The molecule has 0 amide bonds. The molecule has 0 radical (unpaired) electrons. The van der Waals surface area contributed by atoms with E-state index in [9.17, 15) is 9.90 Å². The van der Waals surface area contributed by atoms with Gasteiger partial charge < -0.3 is 19.2 Å². The Kier molecular flexibility index (Phi) is 4.42. The van der Waals surface area contributed by atoms with E-state index in [4.69, 9.17) is 4.74 Å². The van der Waals surface area contributed by atoms with Gasteiger partial charge in [-0.15, -0.1) is 0 Å². The number of hydrogen-bond donors (Lipinski definition) is 0. The van der Waals surface area contributed by atoms with Crippen molar-refractivity contribution in [1.82, 2.24) is 9.55 Å². The van der Waals surface area contributed by atoms with E-state index in [-0.39, 0.29) is 35.7 Å². The average Bonchev–Trinajstić information content (AvgIpc) is 3.02. The van der Waals surface area contributed by atoms with Crippen molar-refractivity contribution in [2.24, 2.45) is 0 Å². The smallest absolute Gasteiger partial charge is 0.547 e. The summed E-state index contributed by atoms with van der Waals surface area (Å²) in [6.07, 6.45) is 4.24. The molecule has 0 saturated carbocycles. The van der Waals surface area contributed by atoms with Crippen molar-refractivity contribution >= 4 is 5.97 Å². The number of carbonyl (C=O) groups excluding carboxylic acids is 1. The third-order valence-corrected chi connectivity index (χ3v) is 2.96. The Morgan fingerprint density at radius 3 is 2.63 bits per heavy atom. The number of carboxylic acid groups (broad SMARTS) is 1. The molecular formula is C13H11N2NaO3. The summed E-state index contributed by atoms with van der Waals surface area (Å²) in [7, 11) is 0. The maximum atomic E-state index is 10.6. The van der Waals surface area contributed by atoms with Crippen LogP contribution in [-0.4, -0.2) is 21.6 Å². The summed E-state index contributed by atoms with van der Waals surface area (Å²) in [4.78, 5) is 14.6. The summed E-state index contributed by atoms with van der Waals surface area (Å²) in [5.41, 5.74) is 2.00. The number of ether oxygens (including phenoxy) is 1. The molecule has 0 N–H and O–H groups in total. The zero-order valence-corrected chi connectivity index (χ0v) is 12.5. The number of carbonyl (C=O) groups is 1. The molecule has 92 valence electrons. The van der Waals surface area contributed by atoms with Crippen molar-refractivity contribution in [2.75, 3.05) is 0 Å². The first-order valence-corrected chi connectivity index (χ1v) is 5.65. The predicted molar refractivity (Wildman–Crippen MR) is 60.4 cm³/mol. The minimum absolute atomic E-state index is 0. The van der Waals surface area contributed by atoms with Gasteiger partial charge in [0.25, 0.3) is 0 Å². The van der Waals surface area contributed by atoms with E-state index in [0.717, 1.165) is 17.7 Å². The van der Waals surface area contributed by atoms with Gasteiger partial charge in [0.15, 0.2) is 0 Å². The third-order valence-electron chi connectivity index (χ3n) is 2.96. The molecule has 1 saturated heterocycles. The van der Waals surface area contributed by atoms with Gasteiger partial charge in [0.2, 0.25) is 0 Å². The Bertz CT molecular complexity index is 554. The molecule has 1 aliphatic rings. The van der Waals surface area contributed by atoms with Gasteiger partial charge in [0.1, 0.15) is 12.2 Å². The first kappa shape index (κ1) is 14.3. The Hall–Kier alpha value is -1.14. The topological polar surface area (TPSA) is 70.5 Å². The number of hydrogen-bond acceptors (Lipinski definition) is 4. The number of rotatable bonds is 4. The second kappa shape index (κ2) is 5.88. The van der Waals surface area contributed by atoms with Crippen LogP contribution in [-0.2, 0) is 16.1 Å². The summed E-state index contributed by atoms with van der Waals surface area (Å²) >= 11 is 0. The molecule has 0 spiro atoms. The Morgan fingerprint density at radius 1 is 1.37 bits per heavy atom. The van der Waals surface area contributed by atoms with Gasteiger partial charge in [-0.25, -0.2) is 4.98 Å². The Morgan fingerprint density at radius 2 is 2.11 bits per heavy atom. The van der Waals surface area contributed by atoms with Crippen molar-refractivity contribution in [2.45, 2.75) is 18.8 Å². The van der Waals surface area contributed by atoms with E-state index in [0.29, 0.717) is 0 Å². The van der Waals surface area contributed by atoms with Gasteiger partial charge in [-0.1, -0.05) is 24.3 Å². The SMILES string of the molecule is O=C([O-])C1OC1c1ccc(Cn2ccnc2)cc1.[Na+]. The average molecular weight is 266 g/mol. The first-order valence-electron chi connectivity index (χ1n) is 5.65. The van der Waals surface area contributed by atoms with Crippen molar-refractivity contribution in [1.29, 1.82) is 0 Å². The maximum absolute atomic E-state index is 10.6. The van der Waals surface area contributed by atoms with Crippen LogP contribution in [0.15, 0.2) is 43.0 Å². The molecule has 6 heteroatoms. The van der Waals surface area contributed by atoms with Crippen LogP contribution in [0.25, 0.3) is 0 Å². The number of carboxylic acids is 1. The predicted octanol–water partition coefficient (Wildman–Crippen LogP) is -2.87. The van der Waals surface area contributed by atoms with Crippen molar-refractivity contribution in [3.05, 3.63) is 54.1 Å². The molecule has 0 aliphatic carbocycles. The number of benzene rings is 1. The van der Waals surface area contributed by atoms with E-state index < -0.39 is 12.1 Å². The summed E-state index contributed by atoms with van der Waals surface area (Å²) in [5, 5.41) is 10.6. The van der Waals surface area contributed by atoms with Crippen LogP contribution >= 0.6 is 0 Å². The zero-order valence-electron chi connectivity index (χ0n) is 10.5. The number of nitrogens with zero attached hydrogens (tertiary/aromatic N) is 2. The molecule has 1 aliphatic heterocycles. The van der Waals surface area contributed by atoms with Crippen LogP contribution in [0.5, 0.6) is 0 Å². The van der Waals surface area contributed by atoms with Crippen LogP contribution < -0.4 is 34.7 Å². The van der Waals surface area contributed by atoms with Crippen LogP contribution in [0, 0.1) is 0 Å². The molecule has 2 heterocycles. The Balaban J connectivity index is 0.00000133. The van der Waals surface area contributed by atoms with Crippen LogP contribution in [0.1, 0.15) is 17.2 Å². The largest absolute Gasteiger partial charge is 1.00 e. The van der Waals surface area contributed by atoms with E-state index >= 15 is 0 Å².